The second-order valence-electron chi connectivity index (χ2n) is 4.64. The van der Waals surface area contributed by atoms with E-state index >= 15 is 0 Å². The van der Waals surface area contributed by atoms with Crippen molar-refractivity contribution < 1.29 is 22.8 Å². The standard InChI is InChI=1S/C14H13F3N4O2/c1-2-21-7-10(11(20-21)12(18)22)19-13(23)8-4-3-5-9(6-8)14(15,16)17/h3-7H,2H2,1H3,(H2,18,22)(H,19,23). The highest BCUT2D eigenvalue weighted by atomic mass is 19.4. The van der Waals surface area contributed by atoms with Gasteiger partial charge in [-0.2, -0.15) is 18.3 Å². The molecule has 0 aliphatic heterocycles. The molecule has 0 fully saturated rings. The van der Waals surface area contributed by atoms with Crippen molar-refractivity contribution in [1.82, 2.24) is 9.78 Å². The summed E-state index contributed by atoms with van der Waals surface area (Å²) < 4.78 is 39.4. The van der Waals surface area contributed by atoms with Crippen molar-refractivity contribution in [3.8, 4) is 0 Å². The summed E-state index contributed by atoms with van der Waals surface area (Å²) in [7, 11) is 0. The van der Waals surface area contributed by atoms with Crippen LogP contribution in [0.2, 0.25) is 0 Å². The number of aromatic nitrogens is 2. The first kappa shape index (κ1) is 16.5. The summed E-state index contributed by atoms with van der Waals surface area (Å²) in [5, 5.41) is 6.23. The van der Waals surface area contributed by atoms with Crippen LogP contribution < -0.4 is 11.1 Å². The molecule has 2 rings (SSSR count). The number of carbonyl (C=O) groups is 2. The fraction of sp³-hybridized carbons (Fsp3) is 0.214. The number of benzene rings is 1. The summed E-state index contributed by atoms with van der Waals surface area (Å²) in [5.41, 5.74) is 3.91. The molecule has 1 aromatic heterocycles. The number of rotatable bonds is 4. The number of anilines is 1. The van der Waals surface area contributed by atoms with E-state index in [4.69, 9.17) is 5.73 Å². The number of hydrogen-bond acceptors (Lipinski definition) is 3. The van der Waals surface area contributed by atoms with E-state index < -0.39 is 23.6 Å². The Morgan fingerprint density at radius 3 is 2.61 bits per heavy atom. The number of hydrogen-bond donors (Lipinski definition) is 2. The predicted octanol–water partition coefficient (Wildman–Crippen LogP) is 2.27. The van der Waals surface area contributed by atoms with Gasteiger partial charge in [-0.1, -0.05) is 6.07 Å². The van der Waals surface area contributed by atoms with Crippen LogP contribution in [-0.4, -0.2) is 21.6 Å². The van der Waals surface area contributed by atoms with Gasteiger partial charge in [0.1, 0.15) is 0 Å². The average molecular weight is 326 g/mol. The molecular weight excluding hydrogens is 313 g/mol. The van der Waals surface area contributed by atoms with Crippen LogP contribution in [0.5, 0.6) is 0 Å². The molecule has 3 N–H and O–H groups in total. The summed E-state index contributed by atoms with van der Waals surface area (Å²) in [6.45, 7) is 2.19. The molecule has 0 unspecified atom stereocenters. The van der Waals surface area contributed by atoms with Crippen molar-refractivity contribution in [3.05, 3.63) is 47.3 Å². The number of halogens is 3. The van der Waals surface area contributed by atoms with Crippen molar-refractivity contribution in [2.45, 2.75) is 19.6 Å². The number of alkyl halides is 3. The van der Waals surface area contributed by atoms with Crippen LogP contribution in [0.1, 0.15) is 33.3 Å². The fourth-order valence-corrected chi connectivity index (χ4v) is 1.89. The second kappa shape index (κ2) is 6.11. The Bertz CT molecular complexity index is 753. The fourth-order valence-electron chi connectivity index (χ4n) is 1.89. The van der Waals surface area contributed by atoms with Gasteiger partial charge in [-0.25, -0.2) is 0 Å². The number of amides is 2. The minimum Gasteiger partial charge on any atom is -0.364 e. The zero-order valence-electron chi connectivity index (χ0n) is 12.0. The third-order valence-electron chi connectivity index (χ3n) is 3.02. The van der Waals surface area contributed by atoms with Crippen LogP contribution in [-0.2, 0) is 12.7 Å². The van der Waals surface area contributed by atoms with Gasteiger partial charge in [0.05, 0.1) is 11.3 Å². The van der Waals surface area contributed by atoms with Crippen LogP contribution in [0.15, 0.2) is 30.5 Å². The molecule has 1 aromatic carbocycles. The molecule has 9 heteroatoms. The molecule has 0 aliphatic rings. The van der Waals surface area contributed by atoms with Gasteiger partial charge in [0, 0.05) is 18.3 Å². The summed E-state index contributed by atoms with van der Waals surface area (Å²) in [6, 6.07) is 3.95. The number of nitrogens with two attached hydrogens (primary N) is 1. The first-order valence-corrected chi connectivity index (χ1v) is 6.58. The molecule has 0 saturated carbocycles. The van der Waals surface area contributed by atoms with Gasteiger partial charge in [-0.15, -0.1) is 0 Å². The van der Waals surface area contributed by atoms with Crippen LogP contribution in [0.3, 0.4) is 0 Å². The summed E-state index contributed by atoms with van der Waals surface area (Å²) in [5.74, 6) is -1.65. The summed E-state index contributed by atoms with van der Waals surface area (Å²) >= 11 is 0. The lowest BCUT2D eigenvalue weighted by Gasteiger charge is -2.09. The van der Waals surface area contributed by atoms with Gasteiger partial charge in [0.25, 0.3) is 11.8 Å². The van der Waals surface area contributed by atoms with Crippen LogP contribution in [0, 0.1) is 0 Å². The molecule has 23 heavy (non-hydrogen) atoms. The first-order valence-electron chi connectivity index (χ1n) is 6.58. The number of aryl methyl sites for hydroxylation is 1. The van der Waals surface area contributed by atoms with Crippen LogP contribution in [0.25, 0.3) is 0 Å². The van der Waals surface area contributed by atoms with E-state index in [0.29, 0.717) is 6.54 Å². The van der Waals surface area contributed by atoms with Crippen molar-refractivity contribution >= 4 is 17.5 Å². The molecule has 0 aliphatic carbocycles. The first-order chi connectivity index (χ1) is 10.7. The Kier molecular flexibility index (Phi) is 4.39. The van der Waals surface area contributed by atoms with Gasteiger partial charge < -0.3 is 11.1 Å². The highest BCUT2D eigenvalue weighted by Crippen LogP contribution is 2.29. The molecule has 2 amide bonds. The second-order valence-corrected chi connectivity index (χ2v) is 4.64. The smallest absolute Gasteiger partial charge is 0.364 e. The Hall–Kier alpha value is -2.84. The molecule has 1 heterocycles. The highest BCUT2D eigenvalue weighted by Gasteiger charge is 2.31. The molecule has 2 aromatic rings. The summed E-state index contributed by atoms with van der Waals surface area (Å²) in [6.07, 6.45) is -3.17. The van der Waals surface area contributed by atoms with Gasteiger partial charge in [0.2, 0.25) is 0 Å². The van der Waals surface area contributed by atoms with E-state index in [1.807, 2.05) is 0 Å². The number of nitrogens with one attached hydrogen (secondary N) is 1. The summed E-state index contributed by atoms with van der Waals surface area (Å²) in [4.78, 5) is 23.4. The average Bonchev–Trinajstić information content (AvgIpc) is 2.89. The van der Waals surface area contributed by atoms with Crippen molar-refractivity contribution in [1.29, 1.82) is 0 Å². The molecule has 0 saturated heterocycles. The van der Waals surface area contributed by atoms with Crippen LogP contribution >= 0.6 is 0 Å². The predicted molar refractivity (Wildman–Crippen MR) is 75.8 cm³/mol. The largest absolute Gasteiger partial charge is 0.416 e. The van der Waals surface area contributed by atoms with E-state index in [1.54, 1.807) is 6.92 Å². The Morgan fingerprint density at radius 1 is 1.35 bits per heavy atom. The van der Waals surface area contributed by atoms with E-state index in [0.717, 1.165) is 18.2 Å². The van der Waals surface area contributed by atoms with E-state index in [2.05, 4.69) is 10.4 Å². The third-order valence-corrected chi connectivity index (χ3v) is 3.02. The number of primary amides is 1. The molecule has 0 atom stereocenters. The zero-order chi connectivity index (χ0) is 17.2. The molecule has 0 spiro atoms. The van der Waals surface area contributed by atoms with Crippen molar-refractivity contribution in [2.24, 2.45) is 5.73 Å². The molecule has 6 nitrogen and oxygen atoms in total. The van der Waals surface area contributed by atoms with E-state index in [-0.39, 0.29) is 16.9 Å². The van der Waals surface area contributed by atoms with Gasteiger partial charge in [-0.3, -0.25) is 14.3 Å². The maximum Gasteiger partial charge on any atom is 0.416 e. The molecular formula is C14H13F3N4O2. The van der Waals surface area contributed by atoms with Crippen LogP contribution in [0.4, 0.5) is 18.9 Å². The molecule has 0 radical (unpaired) electrons. The highest BCUT2D eigenvalue weighted by molar-refractivity contribution is 6.08. The SMILES string of the molecule is CCn1cc(NC(=O)c2cccc(C(F)(F)F)c2)c(C(N)=O)n1. The zero-order valence-corrected chi connectivity index (χ0v) is 12.0. The van der Waals surface area contributed by atoms with Crippen molar-refractivity contribution in [2.75, 3.05) is 5.32 Å². The maximum absolute atomic E-state index is 12.7. The van der Waals surface area contributed by atoms with Gasteiger partial charge >= 0.3 is 6.18 Å². The lowest BCUT2D eigenvalue weighted by Crippen LogP contribution is -2.18. The molecule has 0 bridgehead atoms. The van der Waals surface area contributed by atoms with Gasteiger partial charge in [0.15, 0.2) is 5.69 Å². The quantitative estimate of drug-likeness (QED) is 0.903. The van der Waals surface area contributed by atoms with Gasteiger partial charge in [-0.05, 0) is 25.1 Å². The maximum atomic E-state index is 12.7. The number of carbonyl (C=O) groups excluding carboxylic acids is 2. The Morgan fingerprint density at radius 2 is 2.04 bits per heavy atom. The van der Waals surface area contributed by atoms with Crippen molar-refractivity contribution in [3.63, 3.8) is 0 Å². The normalized spacial score (nSPS) is 11.3. The third kappa shape index (κ3) is 3.68. The lowest BCUT2D eigenvalue weighted by atomic mass is 10.1. The molecule has 122 valence electrons. The van der Waals surface area contributed by atoms with E-state index in [1.165, 1.54) is 16.9 Å². The minimum atomic E-state index is -4.55. The number of nitrogens with zero attached hydrogens (tertiary/aromatic N) is 2. The Balaban J connectivity index is 2.29. The monoisotopic (exact) mass is 326 g/mol. The topological polar surface area (TPSA) is 90.0 Å². The minimum absolute atomic E-state index is 0.0433. The Labute approximate surface area is 129 Å². The van der Waals surface area contributed by atoms with E-state index in [9.17, 15) is 22.8 Å². The lowest BCUT2D eigenvalue weighted by molar-refractivity contribution is -0.137.